The monoisotopic (exact) mass is 328 g/mol. The highest BCUT2D eigenvalue weighted by Gasteiger charge is 2.21. The Kier molecular flexibility index (Phi) is 13.3. The maximum absolute atomic E-state index is 11.5. The maximum Gasteiger partial charge on any atom is 0.239 e. The highest BCUT2D eigenvalue weighted by atomic mass is 35.5. The SMILES string of the molecule is CCN1CCCCC1CNC(=O)CNC(=O)CN.Cl.Cl. The zero-order chi connectivity index (χ0) is 13.4. The molecular weight excluding hydrogens is 303 g/mol. The molecule has 0 spiro atoms. The highest BCUT2D eigenvalue weighted by molar-refractivity contribution is 5.86. The van der Waals surface area contributed by atoms with E-state index in [-0.39, 0.29) is 49.7 Å². The molecule has 1 fully saturated rings. The van der Waals surface area contributed by atoms with E-state index in [1.165, 1.54) is 12.8 Å². The average Bonchev–Trinajstić information content (AvgIpc) is 2.42. The van der Waals surface area contributed by atoms with E-state index < -0.39 is 0 Å². The molecular formula is C12H26Cl2N4O2. The van der Waals surface area contributed by atoms with Gasteiger partial charge in [0.05, 0.1) is 13.1 Å². The normalized spacial score (nSPS) is 18.4. The molecule has 0 aliphatic carbocycles. The molecule has 20 heavy (non-hydrogen) atoms. The molecule has 1 aliphatic heterocycles. The number of hydrogen-bond donors (Lipinski definition) is 3. The van der Waals surface area contributed by atoms with Crippen molar-refractivity contribution in [2.24, 2.45) is 5.73 Å². The van der Waals surface area contributed by atoms with Gasteiger partial charge in [0.2, 0.25) is 11.8 Å². The summed E-state index contributed by atoms with van der Waals surface area (Å²) >= 11 is 0. The summed E-state index contributed by atoms with van der Waals surface area (Å²) < 4.78 is 0. The van der Waals surface area contributed by atoms with E-state index >= 15 is 0 Å². The number of nitrogens with two attached hydrogens (primary N) is 1. The third kappa shape index (κ3) is 7.89. The molecule has 4 N–H and O–H groups in total. The third-order valence-electron chi connectivity index (χ3n) is 3.32. The summed E-state index contributed by atoms with van der Waals surface area (Å²) in [4.78, 5) is 24.8. The number of nitrogens with one attached hydrogen (secondary N) is 2. The van der Waals surface area contributed by atoms with E-state index in [4.69, 9.17) is 5.73 Å². The van der Waals surface area contributed by atoms with E-state index in [2.05, 4.69) is 22.5 Å². The zero-order valence-corrected chi connectivity index (χ0v) is 13.5. The molecule has 1 heterocycles. The number of nitrogens with zero attached hydrogens (tertiary/aromatic N) is 1. The van der Waals surface area contributed by atoms with Crippen LogP contribution < -0.4 is 16.4 Å². The van der Waals surface area contributed by atoms with Crippen molar-refractivity contribution < 1.29 is 9.59 Å². The van der Waals surface area contributed by atoms with E-state index in [9.17, 15) is 9.59 Å². The molecule has 1 unspecified atom stereocenters. The van der Waals surface area contributed by atoms with Crippen molar-refractivity contribution in [3.05, 3.63) is 0 Å². The van der Waals surface area contributed by atoms with Crippen molar-refractivity contribution in [1.29, 1.82) is 0 Å². The number of likely N-dealkylation sites (N-methyl/N-ethyl adjacent to an activating group) is 1. The van der Waals surface area contributed by atoms with Crippen molar-refractivity contribution >= 4 is 36.6 Å². The van der Waals surface area contributed by atoms with Gasteiger partial charge in [-0.3, -0.25) is 14.5 Å². The largest absolute Gasteiger partial charge is 0.353 e. The molecule has 0 aromatic carbocycles. The lowest BCUT2D eigenvalue weighted by atomic mass is 10.0. The highest BCUT2D eigenvalue weighted by Crippen LogP contribution is 2.15. The summed E-state index contributed by atoms with van der Waals surface area (Å²) in [6, 6.07) is 0.429. The Hall–Kier alpha value is -0.560. The fraction of sp³-hybridized carbons (Fsp3) is 0.833. The molecule has 0 aromatic heterocycles. The van der Waals surface area contributed by atoms with Crippen LogP contribution in [0.4, 0.5) is 0 Å². The predicted molar refractivity (Wildman–Crippen MR) is 84.5 cm³/mol. The van der Waals surface area contributed by atoms with Gasteiger partial charge in [0.1, 0.15) is 0 Å². The maximum atomic E-state index is 11.5. The van der Waals surface area contributed by atoms with E-state index in [0.29, 0.717) is 12.6 Å². The molecule has 2 amide bonds. The van der Waals surface area contributed by atoms with Crippen LogP contribution in [0.15, 0.2) is 0 Å². The summed E-state index contributed by atoms with van der Waals surface area (Å²) in [6.07, 6.45) is 3.59. The lowest BCUT2D eigenvalue weighted by molar-refractivity contribution is -0.125. The summed E-state index contributed by atoms with van der Waals surface area (Å²) in [5, 5.41) is 5.32. The summed E-state index contributed by atoms with van der Waals surface area (Å²) in [5.74, 6) is -0.462. The minimum Gasteiger partial charge on any atom is -0.353 e. The van der Waals surface area contributed by atoms with Crippen LogP contribution in [0.25, 0.3) is 0 Å². The number of carbonyl (C=O) groups excluding carboxylic acids is 2. The van der Waals surface area contributed by atoms with Crippen molar-refractivity contribution in [2.45, 2.75) is 32.2 Å². The second-order valence-electron chi connectivity index (χ2n) is 4.56. The Bertz CT molecular complexity index is 293. The molecule has 0 aromatic rings. The van der Waals surface area contributed by atoms with Gasteiger partial charge in [-0.15, -0.1) is 24.8 Å². The molecule has 1 saturated heterocycles. The fourth-order valence-corrected chi connectivity index (χ4v) is 2.25. The Morgan fingerprint density at radius 3 is 2.50 bits per heavy atom. The standard InChI is InChI=1S/C12H24N4O2.2ClH/c1-2-16-6-4-3-5-10(16)8-14-12(18)9-15-11(17)7-13;;/h10H,2-9,13H2,1H3,(H,14,18)(H,15,17);2*1H. The number of carbonyl (C=O) groups is 2. The minimum atomic E-state index is -0.307. The van der Waals surface area contributed by atoms with Gasteiger partial charge in [0, 0.05) is 12.6 Å². The summed E-state index contributed by atoms with van der Waals surface area (Å²) in [5.41, 5.74) is 5.13. The number of likely N-dealkylation sites (tertiary alicyclic amines) is 1. The molecule has 1 rings (SSSR count). The number of piperidine rings is 1. The van der Waals surface area contributed by atoms with Crippen LogP contribution in [-0.2, 0) is 9.59 Å². The van der Waals surface area contributed by atoms with Gasteiger partial charge in [0.15, 0.2) is 0 Å². The van der Waals surface area contributed by atoms with Gasteiger partial charge < -0.3 is 16.4 Å². The lowest BCUT2D eigenvalue weighted by Gasteiger charge is -2.34. The fourth-order valence-electron chi connectivity index (χ4n) is 2.25. The van der Waals surface area contributed by atoms with Gasteiger partial charge in [-0.2, -0.15) is 0 Å². The lowest BCUT2D eigenvalue weighted by Crippen LogP contribution is -2.48. The molecule has 120 valence electrons. The first-order chi connectivity index (χ1) is 8.67. The van der Waals surface area contributed by atoms with Crippen LogP contribution in [-0.4, -0.2) is 55.5 Å². The number of amides is 2. The van der Waals surface area contributed by atoms with Gasteiger partial charge in [-0.25, -0.2) is 0 Å². The third-order valence-corrected chi connectivity index (χ3v) is 3.32. The summed E-state index contributed by atoms with van der Waals surface area (Å²) in [6.45, 7) is 4.85. The van der Waals surface area contributed by atoms with Gasteiger partial charge >= 0.3 is 0 Å². The van der Waals surface area contributed by atoms with Crippen LogP contribution in [0.2, 0.25) is 0 Å². The first-order valence-corrected chi connectivity index (χ1v) is 6.64. The van der Waals surface area contributed by atoms with Crippen molar-refractivity contribution in [1.82, 2.24) is 15.5 Å². The number of halogens is 2. The smallest absolute Gasteiger partial charge is 0.239 e. The molecule has 6 nitrogen and oxygen atoms in total. The molecule has 1 aliphatic rings. The predicted octanol–water partition coefficient (Wildman–Crippen LogP) is -0.104. The Morgan fingerprint density at radius 2 is 1.90 bits per heavy atom. The van der Waals surface area contributed by atoms with Crippen molar-refractivity contribution in [3.8, 4) is 0 Å². The zero-order valence-electron chi connectivity index (χ0n) is 11.9. The van der Waals surface area contributed by atoms with E-state index in [1.54, 1.807) is 0 Å². The number of hydrogen-bond acceptors (Lipinski definition) is 4. The van der Waals surface area contributed by atoms with Gasteiger partial charge in [-0.1, -0.05) is 13.3 Å². The Balaban J connectivity index is 0. The minimum absolute atomic E-state index is 0. The molecule has 0 radical (unpaired) electrons. The quantitative estimate of drug-likeness (QED) is 0.635. The van der Waals surface area contributed by atoms with Gasteiger partial charge in [0.25, 0.3) is 0 Å². The topological polar surface area (TPSA) is 87.5 Å². The van der Waals surface area contributed by atoms with Gasteiger partial charge in [-0.05, 0) is 25.9 Å². The first kappa shape index (κ1) is 21.7. The van der Waals surface area contributed by atoms with Crippen LogP contribution in [0.5, 0.6) is 0 Å². The second kappa shape index (κ2) is 12.2. The van der Waals surface area contributed by atoms with Crippen molar-refractivity contribution in [2.75, 3.05) is 32.7 Å². The molecule has 0 saturated carbocycles. The van der Waals surface area contributed by atoms with Crippen LogP contribution >= 0.6 is 24.8 Å². The molecule has 1 atom stereocenters. The van der Waals surface area contributed by atoms with Crippen LogP contribution in [0.3, 0.4) is 0 Å². The van der Waals surface area contributed by atoms with Crippen LogP contribution in [0, 0.1) is 0 Å². The van der Waals surface area contributed by atoms with Crippen molar-refractivity contribution in [3.63, 3.8) is 0 Å². The van der Waals surface area contributed by atoms with E-state index in [0.717, 1.165) is 19.5 Å². The Morgan fingerprint density at radius 1 is 1.20 bits per heavy atom. The molecule has 0 bridgehead atoms. The number of rotatable bonds is 6. The molecule has 8 heteroatoms. The van der Waals surface area contributed by atoms with Crippen LogP contribution in [0.1, 0.15) is 26.2 Å². The average molecular weight is 329 g/mol. The first-order valence-electron chi connectivity index (χ1n) is 6.64. The summed E-state index contributed by atoms with van der Waals surface area (Å²) in [7, 11) is 0. The Labute approximate surface area is 133 Å². The van der Waals surface area contributed by atoms with E-state index in [1.807, 2.05) is 0 Å². The second-order valence-corrected chi connectivity index (χ2v) is 4.56.